The number of para-hydroxylation sites is 1. The van der Waals surface area contributed by atoms with Gasteiger partial charge in [-0.2, -0.15) is 0 Å². The second-order valence-corrected chi connectivity index (χ2v) is 8.83. The summed E-state index contributed by atoms with van der Waals surface area (Å²) in [5.41, 5.74) is -0.333. The van der Waals surface area contributed by atoms with Gasteiger partial charge in [-0.25, -0.2) is 4.79 Å². The maximum atomic E-state index is 12.2. The van der Waals surface area contributed by atoms with Gasteiger partial charge in [0.1, 0.15) is 36.3 Å². The first-order valence-electron chi connectivity index (χ1n) is 11.3. The first kappa shape index (κ1) is 24.4. The van der Waals surface area contributed by atoms with Crippen molar-refractivity contribution >= 4 is 6.09 Å². The van der Waals surface area contributed by atoms with Gasteiger partial charge in [0, 0.05) is 6.54 Å². The summed E-state index contributed by atoms with van der Waals surface area (Å²) < 4.78 is 29.3. The molecule has 2 aromatic carbocycles. The third kappa shape index (κ3) is 5.34. The second-order valence-electron chi connectivity index (χ2n) is 8.83. The van der Waals surface area contributed by atoms with Gasteiger partial charge >= 0.3 is 6.09 Å². The molecule has 9 nitrogen and oxygen atoms in total. The van der Waals surface area contributed by atoms with Crippen molar-refractivity contribution < 1.29 is 38.7 Å². The average molecular weight is 474 g/mol. The Labute approximate surface area is 198 Å². The summed E-state index contributed by atoms with van der Waals surface area (Å²) in [7, 11) is 0. The molecule has 0 unspecified atom stereocenters. The fraction of sp³-hybridized carbons (Fsp3) is 0.480. The van der Waals surface area contributed by atoms with Gasteiger partial charge in [-0.15, -0.1) is 0 Å². The summed E-state index contributed by atoms with van der Waals surface area (Å²) in [5.74, 6) is -0.533. The lowest BCUT2D eigenvalue weighted by Crippen LogP contribution is -2.67. The predicted molar refractivity (Wildman–Crippen MR) is 121 cm³/mol. The highest BCUT2D eigenvalue weighted by Gasteiger charge is 2.65. The minimum Gasteiger partial charge on any atom is -0.462 e. The Morgan fingerprint density at radius 3 is 2.44 bits per heavy atom. The molecule has 34 heavy (non-hydrogen) atoms. The third-order valence-corrected chi connectivity index (χ3v) is 5.92. The molecular weight excluding hydrogens is 442 g/mol. The molecule has 9 heteroatoms. The Balaban J connectivity index is 1.42. The molecule has 0 aliphatic carbocycles. The highest BCUT2D eigenvalue weighted by Crippen LogP contribution is 2.47. The van der Waals surface area contributed by atoms with E-state index in [2.05, 4.69) is 5.32 Å². The normalized spacial score (nSPS) is 29.8. The SMILES string of the molecule is CC1(C)O[C@@H]2[C@@H](O)[C@H](Oc3ccccc3)O[C@H](CO)[C@]2(CCNC(=O)OCc2ccccc2)O1. The quantitative estimate of drug-likeness (QED) is 0.535. The van der Waals surface area contributed by atoms with Crippen LogP contribution >= 0.6 is 0 Å². The van der Waals surface area contributed by atoms with Gasteiger partial charge in [0.05, 0.1) is 6.61 Å². The van der Waals surface area contributed by atoms with Gasteiger partial charge in [-0.1, -0.05) is 48.5 Å². The molecule has 0 saturated carbocycles. The molecule has 0 radical (unpaired) electrons. The topological polar surface area (TPSA) is 116 Å². The second kappa shape index (κ2) is 10.3. The standard InChI is InChI=1S/C25H31NO8/c1-24(2)33-21-20(28)22(31-18-11-7-4-8-12-18)32-19(15-27)25(21,34-24)13-14-26-23(29)30-16-17-9-5-3-6-10-17/h3-12,19-22,27-28H,13-16H2,1-2H3,(H,26,29)/t19-,20-,21-,22-,25+/m1/s1. The molecule has 3 N–H and O–H groups in total. The van der Waals surface area contributed by atoms with Gasteiger partial charge in [0.25, 0.3) is 0 Å². The number of nitrogens with one attached hydrogen (secondary N) is 1. The zero-order valence-electron chi connectivity index (χ0n) is 19.3. The van der Waals surface area contributed by atoms with Crippen molar-refractivity contribution in [1.82, 2.24) is 5.32 Å². The molecule has 5 atom stereocenters. The fourth-order valence-electron chi connectivity index (χ4n) is 4.47. The van der Waals surface area contributed by atoms with Crippen molar-refractivity contribution in [2.45, 2.75) is 62.9 Å². The van der Waals surface area contributed by atoms with Crippen LogP contribution in [0.5, 0.6) is 5.75 Å². The summed E-state index contributed by atoms with van der Waals surface area (Å²) in [5, 5.41) is 23.9. The van der Waals surface area contributed by atoms with Gasteiger partial charge in [-0.3, -0.25) is 0 Å². The molecule has 184 valence electrons. The van der Waals surface area contributed by atoms with E-state index in [9.17, 15) is 15.0 Å². The van der Waals surface area contributed by atoms with Gasteiger partial charge in [0.2, 0.25) is 6.29 Å². The number of hydrogen-bond donors (Lipinski definition) is 3. The summed E-state index contributed by atoms with van der Waals surface area (Å²) >= 11 is 0. The number of carbonyl (C=O) groups is 1. The van der Waals surface area contributed by atoms with Crippen LogP contribution in [-0.4, -0.2) is 65.4 Å². The van der Waals surface area contributed by atoms with Gasteiger partial charge < -0.3 is 39.2 Å². The van der Waals surface area contributed by atoms with E-state index in [1.165, 1.54) is 0 Å². The van der Waals surface area contributed by atoms with Crippen LogP contribution in [-0.2, 0) is 25.6 Å². The number of aliphatic hydroxyl groups excluding tert-OH is 2. The molecule has 4 rings (SSSR count). The zero-order valence-corrected chi connectivity index (χ0v) is 19.3. The number of carbonyl (C=O) groups excluding carboxylic acids is 1. The lowest BCUT2D eigenvalue weighted by molar-refractivity contribution is -0.287. The maximum absolute atomic E-state index is 12.2. The van der Waals surface area contributed by atoms with E-state index in [4.69, 9.17) is 23.7 Å². The minimum absolute atomic E-state index is 0.146. The lowest BCUT2D eigenvalue weighted by Gasteiger charge is -2.47. The average Bonchev–Trinajstić information content (AvgIpc) is 3.12. The Morgan fingerprint density at radius 2 is 1.76 bits per heavy atom. The molecule has 2 aliphatic rings. The Hall–Kier alpha value is -2.69. The van der Waals surface area contributed by atoms with Crippen LogP contribution in [0, 0.1) is 0 Å². The Bertz CT molecular complexity index is 940. The number of benzene rings is 2. The molecule has 1 amide bonds. The highest BCUT2D eigenvalue weighted by molar-refractivity contribution is 5.67. The number of aliphatic hydroxyl groups is 2. The molecule has 2 aliphatic heterocycles. The summed E-state index contributed by atoms with van der Waals surface area (Å²) in [4.78, 5) is 12.2. The Morgan fingerprint density at radius 1 is 1.09 bits per heavy atom. The number of rotatable bonds is 8. The van der Waals surface area contributed by atoms with Gasteiger partial charge in [0.15, 0.2) is 5.79 Å². The van der Waals surface area contributed by atoms with Crippen molar-refractivity contribution in [2.24, 2.45) is 0 Å². The summed E-state index contributed by atoms with van der Waals surface area (Å²) in [6, 6.07) is 18.3. The molecule has 0 spiro atoms. The minimum atomic E-state index is -1.21. The van der Waals surface area contributed by atoms with Crippen molar-refractivity contribution in [2.75, 3.05) is 13.2 Å². The summed E-state index contributed by atoms with van der Waals surface area (Å²) in [6.07, 6.45) is -4.36. The van der Waals surface area contributed by atoms with Crippen LogP contribution in [0.15, 0.2) is 60.7 Å². The molecular formula is C25H31NO8. The van der Waals surface area contributed by atoms with Crippen LogP contribution in [0.25, 0.3) is 0 Å². The van der Waals surface area contributed by atoms with E-state index < -0.39 is 48.7 Å². The van der Waals surface area contributed by atoms with Crippen LogP contribution in [0.4, 0.5) is 4.79 Å². The van der Waals surface area contributed by atoms with Crippen molar-refractivity contribution in [3.8, 4) is 5.75 Å². The molecule has 0 aromatic heterocycles. The molecule has 2 saturated heterocycles. The summed E-state index contributed by atoms with van der Waals surface area (Å²) in [6.45, 7) is 3.36. The van der Waals surface area contributed by atoms with Crippen LogP contribution in [0.3, 0.4) is 0 Å². The maximum Gasteiger partial charge on any atom is 0.407 e. The molecule has 0 bridgehead atoms. The van der Waals surface area contributed by atoms with E-state index in [0.29, 0.717) is 5.75 Å². The first-order valence-corrected chi connectivity index (χ1v) is 11.3. The van der Waals surface area contributed by atoms with E-state index >= 15 is 0 Å². The van der Waals surface area contributed by atoms with E-state index in [1.807, 2.05) is 36.4 Å². The number of fused-ring (bicyclic) bond motifs is 1. The fourth-order valence-corrected chi connectivity index (χ4v) is 4.47. The number of ether oxygens (including phenoxy) is 5. The largest absolute Gasteiger partial charge is 0.462 e. The van der Waals surface area contributed by atoms with Crippen LogP contribution in [0.1, 0.15) is 25.8 Å². The zero-order chi connectivity index (χ0) is 24.2. The third-order valence-electron chi connectivity index (χ3n) is 5.92. The van der Waals surface area contributed by atoms with Crippen LogP contribution < -0.4 is 10.1 Å². The van der Waals surface area contributed by atoms with Gasteiger partial charge in [-0.05, 0) is 38.0 Å². The highest BCUT2D eigenvalue weighted by atomic mass is 16.8. The van der Waals surface area contributed by atoms with Crippen LogP contribution in [0.2, 0.25) is 0 Å². The predicted octanol–water partition coefficient (Wildman–Crippen LogP) is 2.35. The molecule has 2 aromatic rings. The number of amides is 1. The van der Waals surface area contributed by atoms with E-state index in [1.54, 1.807) is 38.1 Å². The first-order chi connectivity index (χ1) is 16.3. The van der Waals surface area contributed by atoms with E-state index in [-0.39, 0.29) is 19.6 Å². The Kier molecular flexibility index (Phi) is 7.39. The number of alkyl carbamates (subject to hydrolysis) is 1. The molecule has 2 heterocycles. The van der Waals surface area contributed by atoms with Crippen molar-refractivity contribution in [3.05, 3.63) is 66.2 Å². The number of hydrogen-bond acceptors (Lipinski definition) is 8. The van der Waals surface area contributed by atoms with Crippen molar-refractivity contribution in [1.29, 1.82) is 0 Å². The smallest absolute Gasteiger partial charge is 0.407 e. The van der Waals surface area contributed by atoms with Crippen molar-refractivity contribution in [3.63, 3.8) is 0 Å². The monoisotopic (exact) mass is 473 g/mol. The van der Waals surface area contributed by atoms with E-state index in [0.717, 1.165) is 5.56 Å². The molecule has 2 fully saturated rings. The lowest BCUT2D eigenvalue weighted by atomic mass is 9.81.